The normalized spacial score (nSPS) is 26.2. The van der Waals surface area contributed by atoms with Crippen LogP contribution in [-0.2, 0) is 20.3 Å². The van der Waals surface area contributed by atoms with Gasteiger partial charge in [-0.1, -0.05) is 19.9 Å². The van der Waals surface area contributed by atoms with Crippen LogP contribution in [-0.4, -0.2) is 55.3 Å². The highest BCUT2D eigenvalue weighted by atomic mass is 35.5. The van der Waals surface area contributed by atoms with Gasteiger partial charge in [0.1, 0.15) is 24.0 Å². The van der Waals surface area contributed by atoms with Gasteiger partial charge in [-0.2, -0.15) is 4.39 Å². The van der Waals surface area contributed by atoms with Gasteiger partial charge in [0, 0.05) is 36.3 Å². The summed E-state index contributed by atoms with van der Waals surface area (Å²) in [5, 5.41) is 0. The Morgan fingerprint density at radius 3 is 2.79 bits per heavy atom. The van der Waals surface area contributed by atoms with E-state index in [1.807, 2.05) is 19.9 Å². The summed E-state index contributed by atoms with van der Waals surface area (Å²) in [4.78, 5) is 8.45. The molecule has 5 rings (SSSR count). The van der Waals surface area contributed by atoms with Crippen molar-refractivity contribution < 1.29 is 22.3 Å². The number of aromatic nitrogens is 1. The van der Waals surface area contributed by atoms with Crippen LogP contribution in [0.4, 0.5) is 4.39 Å². The van der Waals surface area contributed by atoms with E-state index < -0.39 is 21.5 Å². The first-order valence-electron chi connectivity index (χ1n) is 11.1. The molecule has 34 heavy (non-hydrogen) atoms. The van der Waals surface area contributed by atoms with Gasteiger partial charge in [0.15, 0.2) is 0 Å². The van der Waals surface area contributed by atoms with Crippen LogP contribution >= 0.6 is 12.4 Å². The molecule has 1 saturated heterocycles. The van der Waals surface area contributed by atoms with E-state index >= 15 is 0 Å². The van der Waals surface area contributed by atoms with Crippen molar-refractivity contribution >= 4 is 28.5 Å². The van der Waals surface area contributed by atoms with Crippen molar-refractivity contribution in [3.05, 3.63) is 48.0 Å². The van der Waals surface area contributed by atoms with E-state index in [4.69, 9.17) is 20.2 Å². The molecule has 2 aromatic rings. The van der Waals surface area contributed by atoms with Gasteiger partial charge in [-0.05, 0) is 42.2 Å². The molecule has 0 bridgehead atoms. The zero-order valence-electron chi connectivity index (χ0n) is 19.0. The van der Waals surface area contributed by atoms with Crippen molar-refractivity contribution in [2.75, 3.05) is 25.4 Å². The fourth-order valence-corrected chi connectivity index (χ4v) is 6.98. The fourth-order valence-electron chi connectivity index (χ4n) is 5.16. The zero-order valence-corrected chi connectivity index (χ0v) is 20.6. The Balaban J connectivity index is 0.00000274. The molecular formula is C23H28ClFN4O4S. The summed E-state index contributed by atoms with van der Waals surface area (Å²) in [7, 11) is -3.43. The van der Waals surface area contributed by atoms with E-state index in [1.54, 1.807) is 28.6 Å². The standard InChI is InChI=1S/C23H27FN4O4S.ClH/c1-14(2)12-33(29,30)28-9-7-20-18(11-28)23(13-31-22(25)27-23)17-10-15(5-6-19(17)32-20)16-4-3-8-26-21(16)24;/h3-6,8,10,14,18,20H,7,9,11-13H2,1-2H3,(H2,25,27);1H/t18-,20-,23+;/m0./s1. The zero-order chi connectivity index (χ0) is 23.4. The molecule has 1 spiro atoms. The molecule has 2 N–H and O–H groups in total. The van der Waals surface area contributed by atoms with Crippen LogP contribution in [0.25, 0.3) is 11.1 Å². The number of sulfonamides is 1. The Morgan fingerprint density at radius 2 is 2.12 bits per heavy atom. The van der Waals surface area contributed by atoms with Gasteiger partial charge in [0.25, 0.3) is 6.02 Å². The molecule has 184 valence electrons. The largest absolute Gasteiger partial charge is 0.490 e. The first kappa shape index (κ1) is 24.7. The molecule has 0 radical (unpaired) electrons. The lowest BCUT2D eigenvalue weighted by molar-refractivity contribution is -0.00350. The van der Waals surface area contributed by atoms with Crippen LogP contribution in [0.1, 0.15) is 25.8 Å². The molecule has 3 aliphatic rings. The maximum Gasteiger partial charge on any atom is 0.283 e. The third kappa shape index (κ3) is 4.12. The first-order valence-corrected chi connectivity index (χ1v) is 12.7. The second kappa shape index (κ2) is 8.98. The van der Waals surface area contributed by atoms with Crippen LogP contribution in [0.2, 0.25) is 0 Å². The van der Waals surface area contributed by atoms with Gasteiger partial charge in [-0.3, -0.25) is 0 Å². The molecule has 0 aliphatic carbocycles. The molecule has 3 atom stereocenters. The number of amidine groups is 1. The Morgan fingerprint density at radius 1 is 1.32 bits per heavy atom. The van der Waals surface area contributed by atoms with E-state index in [0.29, 0.717) is 35.4 Å². The number of nitrogens with zero attached hydrogens (tertiary/aromatic N) is 3. The molecule has 4 heterocycles. The molecule has 1 aromatic carbocycles. The van der Waals surface area contributed by atoms with Crippen LogP contribution in [0.3, 0.4) is 0 Å². The van der Waals surface area contributed by atoms with Gasteiger partial charge in [0.2, 0.25) is 16.0 Å². The van der Waals surface area contributed by atoms with E-state index in [0.717, 1.165) is 0 Å². The number of piperidine rings is 1. The summed E-state index contributed by atoms with van der Waals surface area (Å²) < 4.78 is 53.9. The Labute approximate surface area is 204 Å². The Bertz CT molecular complexity index is 1230. The van der Waals surface area contributed by atoms with Crippen molar-refractivity contribution in [2.24, 2.45) is 22.6 Å². The molecule has 1 aromatic heterocycles. The number of aliphatic imine (C=N–C) groups is 1. The summed E-state index contributed by atoms with van der Waals surface area (Å²) in [6.45, 7) is 4.60. The summed E-state index contributed by atoms with van der Waals surface area (Å²) in [6, 6.07) is 8.82. The summed E-state index contributed by atoms with van der Waals surface area (Å²) in [5.74, 6) is -0.136. The molecule has 0 amide bonds. The van der Waals surface area contributed by atoms with Crippen molar-refractivity contribution in [3.8, 4) is 16.9 Å². The quantitative estimate of drug-likeness (QED) is 0.634. The highest BCUT2D eigenvalue weighted by Crippen LogP contribution is 2.51. The van der Waals surface area contributed by atoms with E-state index in [2.05, 4.69) is 4.98 Å². The minimum absolute atomic E-state index is 0. The number of hydrogen-bond donors (Lipinski definition) is 1. The SMILES string of the molecule is CC(C)CS(=O)(=O)N1CC[C@@H]2Oc3ccc(-c4cccnc4F)cc3[C@]3(COC(N)=N3)[C@H]2C1.Cl. The molecule has 3 aliphatic heterocycles. The number of rotatable bonds is 4. The van der Waals surface area contributed by atoms with Gasteiger partial charge >= 0.3 is 0 Å². The van der Waals surface area contributed by atoms with Crippen LogP contribution in [0.5, 0.6) is 5.75 Å². The minimum Gasteiger partial charge on any atom is -0.490 e. The number of halogens is 2. The maximum atomic E-state index is 14.4. The topological polar surface area (TPSA) is 107 Å². The summed E-state index contributed by atoms with van der Waals surface area (Å²) >= 11 is 0. The van der Waals surface area contributed by atoms with Crippen molar-refractivity contribution in [2.45, 2.75) is 31.9 Å². The highest BCUT2D eigenvalue weighted by Gasteiger charge is 2.56. The minimum atomic E-state index is -3.43. The predicted molar refractivity (Wildman–Crippen MR) is 129 cm³/mol. The average Bonchev–Trinajstić information content (AvgIpc) is 3.15. The second-order valence-electron chi connectivity index (χ2n) is 9.30. The van der Waals surface area contributed by atoms with E-state index in [1.165, 1.54) is 6.20 Å². The molecular weight excluding hydrogens is 483 g/mol. The lowest BCUT2D eigenvalue weighted by atomic mass is 9.71. The van der Waals surface area contributed by atoms with Crippen molar-refractivity contribution in [1.29, 1.82) is 0 Å². The van der Waals surface area contributed by atoms with Crippen LogP contribution in [0.15, 0.2) is 41.5 Å². The molecule has 1 fully saturated rings. The van der Waals surface area contributed by atoms with Gasteiger partial charge in [-0.15, -0.1) is 12.4 Å². The average molecular weight is 511 g/mol. The summed E-state index contributed by atoms with van der Waals surface area (Å²) in [5.41, 5.74) is 6.75. The third-order valence-electron chi connectivity index (χ3n) is 6.61. The van der Waals surface area contributed by atoms with Crippen LogP contribution in [0, 0.1) is 17.8 Å². The number of nitrogens with two attached hydrogens (primary N) is 1. The Kier molecular flexibility index (Phi) is 6.52. The van der Waals surface area contributed by atoms with Gasteiger partial charge < -0.3 is 15.2 Å². The third-order valence-corrected chi connectivity index (χ3v) is 8.81. The number of fused-ring (bicyclic) bond motifs is 4. The van der Waals surface area contributed by atoms with Crippen molar-refractivity contribution in [3.63, 3.8) is 0 Å². The van der Waals surface area contributed by atoms with Gasteiger partial charge in [-0.25, -0.2) is 22.7 Å². The van der Waals surface area contributed by atoms with E-state index in [9.17, 15) is 12.8 Å². The number of hydrogen-bond acceptors (Lipinski definition) is 7. The highest BCUT2D eigenvalue weighted by molar-refractivity contribution is 7.89. The lowest BCUT2D eigenvalue weighted by Crippen LogP contribution is -2.58. The van der Waals surface area contributed by atoms with Crippen molar-refractivity contribution in [1.82, 2.24) is 9.29 Å². The first-order chi connectivity index (χ1) is 15.7. The van der Waals surface area contributed by atoms with Gasteiger partial charge in [0.05, 0.1) is 5.75 Å². The monoisotopic (exact) mass is 510 g/mol. The molecule has 0 saturated carbocycles. The Hall–Kier alpha value is -2.43. The fraction of sp³-hybridized carbons (Fsp3) is 0.478. The molecule has 0 unspecified atom stereocenters. The molecule has 8 nitrogen and oxygen atoms in total. The predicted octanol–water partition coefficient (Wildman–Crippen LogP) is 2.92. The second-order valence-corrected chi connectivity index (χ2v) is 11.3. The summed E-state index contributed by atoms with van der Waals surface area (Å²) in [6.07, 6.45) is 1.70. The smallest absolute Gasteiger partial charge is 0.283 e. The number of ether oxygens (including phenoxy) is 2. The number of benzene rings is 1. The van der Waals surface area contributed by atoms with E-state index in [-0.39, 0.29) is 55.3 Å². The number of pyridine rings is 1. The molecule has 11 heteroatoms. The maximum absolute atomic E-state index is 14.4. The van der Waals surface area contributed by atoms with Crippen LogP contribution < -0.4 is 10.5 Å². The lowest BCUT2D eigenvalue weighted by Gasteiger charge is -2.48.